The summed E-state index contributed by atoms with van der Waals surface area (Å²) in [6, 6.07) is 17.5. The second-order valence-electron chi connectivity index (χ2n) is 5.86. The molecule has 0 fully saturated rings. The van der Waals surface area contributed by atoms with Crippen molar-refractivity contribution in [3.63, 3.8) is 0 Å². The first-order chi connectivity index (χ1) is 12.1. The second-order valence-corrected chi connectivity index (χ2v) is 5.86. The number of aromatic nitrogens is 2. The van der Waals surface area contributed by atoms with E-state index in [0.29, 0.717) is 23.0 Å². The molecule has 0 spiro atoms. The molecule has 25 heavy (non-hydrogen) atoms. The summed E-state index contributed by atoms with van der Waals surface area (Å²) in [7, 11) is 0. The third-order valence-corrected chi connectivity index (χ3v) is 3.88. The molecule has 0 radical (unpaired) electrons. The summed E-state index contributed by atoms with van der Waals surface area (Å²) in [4.78, 5) is 8.89. The van der Waals surface area contributed by atoms with Crippen LogP contribution in [-0.2, 0) is 0 Å². The maximum atomic E-state index is 9.23. The molecule has 2 N–H and O–H groups in total. The molecular weight excluding hydrogens is 310 g/mol. The van der Waals surface area contributed by atoms with E-state index in [9.17, 15) is 5.26 Å². The van der Waals surface area contributed by atoms with Crippen LogP contribution in [-0.4, -0.2) is 9.97 Å². The SMILES string of the molecule is Cc1nc(Nc2ccccc2C#N)cc(Nc2c(C)cccc2C)n1. The first kappa shape index (κ1) is 16.5. The van der Waals surface area contributed by atoms with Gasteiger partial charge in [0.1, 0.15) is 23.5 Å². The molecule has 3 aromatic rings. The van der Waals surface area contributed by atoms with Gasteiger partial charge < -0.3 is 10.6 Å². The van der Waals surface area contributed by atoms with Crippen molar-refractivity contribution in [3.05, 3.63) is 71.0 Å². The average molecular weight is 329 g/mol. The Balaban J connectivity index is 1.92. The maximum Gasteiger partial charge on any atom is 0.136 e. The highest BCUT2D eigenvalue weighted by atomic mass is 15.1. The Hall–Kier alpha value is -3.39. The van der Waals surface area contributed by atoms with Crippen LogP contribution in [0.4, 0.5) is 23.0 Å². The Morgan fingerprint density at radius 3 is 2.16 bits per heavy atom. The molecule has 5 nitrogen and oxygen atoms in total. The Bertz CT molecular complexity index is 936. The van der Waals surface area contributed by atoms with Gasteiger partial charge in [-0.1, -0.05) is 30.3 Å². The van der Waals surface area contributed by atoms with E-state index in [4.69, 9.17) is 0 Å². The van der Waals surface area contributed by atoms with Crippen molar-refractivity contribution in [2.45, 2.75) is 20.8 Å². The van der Waals surface area contributed by atoms with Crippen molar-refractivity contribution in [3.8, 4) is 6.07 Å². The topological polar surface area (TPSA) is 73.6 Å². The summed E-state index contributed by atoms with van der Waals surface area (Å²) in [5.41, 5.74) is 4.65. The zero-order valence-corrected chi connectivity index (χ0v) is 14.5. The number of hydrogen-bond acceptors (Lipinski definition) is 5. The van der Waals surface area contributed by atoms with Gasteiger partial charge in [0.25, 0.3) is 0 Å². The average Bonchev–Trinajstić information content (AvgIpc) is 2.58. The summed E-state index contributed by atoms with van der Waals surface area (Å²) in [5.74, 6) is 2.00. The van der Waals surface area contributed by atoms with Gasteiger partial charge >= 0.3 is 0 Å². The van der Waals surface area contributed by atoms with Gasteiger partial charge in [-0.2, -0.15) is 5.26 Å². The van der Waals surface area contributed by atoms with Crippen LogP contribution >= 0.6 is 0 Å². The normalized spacial score (nSPS) is 10.2. The minimum atomic E-state index is 0.572. The predicted octanol–water partition coefficient (Wildman–Crippen LogP) is 4.76. The van der Waals surface area contributed by atoms with Crippen LogP contribution in [0.1, 0.15) is 22.5 Å². The van der Waals surface area contributed by atoms with Crippen LogP contribution in [0, 0.1) is 32.1 Å². The number of hydrogen-bond donors (Lipinski definition) is 2. The lowest BCUT2D eigenvalue weighted by molar-refractivity contribution is 1.06. The molecule has 0 atom stereocenters. The molecule has 5 heteroatoms. The molecule has 1 aromatic heterocycles. The van der Waals surface area contributed by atoms with Crippen LogP contribution in [0.5, 0.6) is 0 Å². The molecule has 0 unspecified atom stereocenters. The van der Waals surface area contributed by atoms with Gasteiger partial charge in [0.15, 0.2) is 0 Å². The number of aryl methyl sites for hydroxylation is 3. The van der Waals surface area contributed by atoms with Crippen LogP contribution in [0.25, 0.3) is 0 Å². The van der Waals surface area contributed by atoms with Gasteiger partial charge in [0.05, 0.1) is 11.3 Å². The standard InChI is InChI=1S/C20H19N5/c1-13-7-6-8-14(2)20(13)25-19-11-18(22-15(3)23-19)24-17-10-5-4-9-16(17)12-21/h4-11H,1-3H3,(H2,22,23,24,25). The molecule has 0 bridgehead atoms. The smallest absolute Gasteiger partial charge is 0.136 e. The number of nitrogens with zero attached hydrogens (tertiary/aromatic N) is 3. The lowest BCUT2D eigenvalue weighted by atomic mass is 10.1. The van der Waals surface area contributed by atoms with E-state index in [0.717, 1.165) is 22.5 Å². The third kappa shape index (κ3) is 3.75. The Morgan fingerprint density at radius 1 is 0.840 bits per heavy atom. The number of nitriles is 1. The van der Waals surface area contributed by atoms with Crippen LogP contribution in [0.3, 0.4) is 0 Å². The van der Waals surface area contributed by atoms with Crippen molar-refractivity contribution in [2.24, 2.45) is 0 Å². The fourth-order valence-corrected chi connectivity index (χ4v) is 2.66. The van der Waals surface area contributed by atoms with E-state index in [1.807, 2.05) is 37.3 Å². The number of anilines is 4. The van der Waals surface area contributed by atoms with Gasteiger partial charge in [0, 0.05) is 11.8 Å². The van der Waals surface area contributed by atoms with Gasteiger partial charge in [-0.25, -0.2) is 9.97 Å². The number of benzene rings is 2. The zero-order chi connectivity index (χ0) is 17.8. The minimum absolute atomic E-state index is 0.572. The van der Waals surface area contributed by atoms with Crippen LogP contribution in [0.15, 0.2) is 48.5 Å². The molecule has 0 saturated heterocycles. The molecule has 1 heterocycles. The van der Waals surface area contributed by atoms with Crippen molar-refractivity contribution >= 4 is 23.0 Å². The van der Waals surface area contributed by atoms with Crippen molar-refractivity contribution < 1.29 is 0 Å². The highest BCUT2D eigenvalue weighted by molar-refractivity contribution is 5.69. The summed E-state index contributed by atoms with van der Waals surface area (Å²) in [6.07, 6.45) is 0. The molecular formula is C20H19N5. The first-order valence-corrected chi connectivity index (χ1v) is 8.02. The van der Waals surface area contributed by atoms with E-state index in [-0.39, 0.29) is 0 Å². The Labute approximate surface area is 147 Å². The molecule has 0 aliphatic heterocycles. The summed E-state index contributed by atoms with van der Waals surface area (Å²) >= 11 is 0. The van der Waals surface area contributed by atoms with Gasteiger partial charge in [0.2, 0.25) is 0 Å². The fourth-order valence-electron chi connectivity index (χ4n) is 2.66. The molecule has 0 amide bonds. The summed E-state index contributed by atoms with van der Waals surface area (Å²) < 4.78 is 0. The molecule has 0 aliphatic rings. The van der Waals surface area contributed by atoms with Crippen LogP contribution in [0.2, 0.25) is 0 Å². The van der Waals surface area contributed by atoms with E-state index >= 15 is 0 Å². The van der Waals surface area contributed by atoms with Crippen LogP contribution < -0.4 is 10.6 Å². The quantitative estimate of drug-likeness (QED) is 0.722. The van der Waals surface area contributed by atoms with Gasteiger partial charge in [-0.05, 0) is 44.0 Å². The first-order valence-electron chi connectivity index (χ1n) is 8.02. The largest absolute Gasteiger partial charge is 0.340 e. The van der Waals surface area contributed by atoms with Crippen molar-refractivity contribution in [2.75, 3.05) is 10.6 Å². The minimum Gasteiger partial charge on any atom is -0.340 e. The Morgan fingerprint density at radius 2 is 1.48 bits per heavy atom. The monoisotopic (exact) mass is 329 g/mol. The third-order valence-electron chi connectivity index (χ3n) is 3.88. The molecule has 0 aliphatic carbocycles. The highest BCUT2D eigenvalue weighted by Crippen LogP contribution is 2.26. The number of nitrogens with one attached hydrogen (secondary N) is 2. The van der Waals surface area contributed by atoms with E-state index in [2.05, 4.69) is 52.7 Å². The molecule has 124 valence electrons. The predicted molar refractivity (Wildman–Crippen MR) is 100 cm³/mol. The molecule has 2 aromatic carbocycles. The van der Waals surface area contributed by atoms with E-state index < -0.39 is 0 Å². The van der Waals surface area contributed by atoms with Crippen molar-refractivity contribution in [1.82, 2.24) is 9.97 Å². The van der Waals surface area contributed by atoms with E-state index in [1.165, 1.54) is 0 Å². The van der Waals surface area contributed by atoms with Gasteiger partial charge in [-0.3, -0.25) is 0 Å². The maximum absolute atomic E-state index is 9.23. The van der Waals surface area contributed by atoms with E-state index in [1.54, 1.807) is 6.07 Å². The number of rotatable bonds is 4. The van der Waals surface area contributed by atoms with Crippen molar-refractivity contribution in [1.29, 1.82) is 5.26 Å². The lowest BCUT2D eigenvalue weighted by Gasteiger charge is -2.14. The highest BCUT2D eigenvalue weighted by Gasteiger charge is 2.08. The summed E-state index contributed by atoms with van der Waals surface area (Å²) in [5, 5.41) is 15.8. The second kappa shape index (κ2) is 7.02. The van der Waals surface area contributed by atoms with Gasteiger partial charge in [-0.15, -0.1) is 0 Å². The lowest BCUT2D eigenvalue weighted by Crippen LogP contribution is -2.03. The molecule has 0 saturated carbocycles. The fraction of sp³-hybridized carbons (Fsp3) is 0.150. The summed E-state index contributed by atoms with van der Waals surface area (Å²) in [6.45, 7) is 5.97. The zero-order valence-electron chi connectivity index (χ0n) is 14.5. The Kier molecular flexibility index (Phi) is 4.62. The number of para-hydroxylation sites is 2. The molecule has 3 rings (SSSR count).